The number of benzene rings is 2. The molecule has 5 rings (SSSR count). The third-order valence-electron chi connectivity index (χ3n) is 7.67. The summed E-state index contributed by atoms with van der Waals surface area (Å²) in [6, 6.07) is 12.5. The molecule has 2 fully saturated rings. The molecule has 0 spiro atoms. The van der Waals surface area contributed by atoms with Gasteiger partial charge in [0, 0.05) is 53.6 Å². The van der Waals surface area contributed by atoms with Gasteiger partial charge in [0.2, 0.25) is 0 Å². The molecule has 2 aliphatic carbocycles. The second kappa shape index (κ2) is 9.40. The highest BCUT2D eigenvalue weighted by atomic mass is 16.3. The zero-order valence-electron chi connectivity index (χ0n) is 21.1. The summed E-state index contributed by atoms with van der Waals surface area (Å²) in [6.45, 7) is 9.51. The van der Waals surface area contributed by atoms with Gasteiger partial charge >= 0.3 is 0 Å². The maximum Gasteiger partial charge on any atom is 0.251 e. The zero-order valence-corrected chi connectivity index (χ0v) is 21.1. The molecule has 1 atom stereocenters. The number of β-amino-alcohol motifs (C(OH)–C–C–N with tert-alkyl or cyclic N) is 1. The van der Waals surface area contributed by atoms with Crippen molar-refractivity contribution in [1.82, 2.24) is 10.2 Å². The van der Waals surface area contributed by atoms with E-state index in [0.717, 1.165) is 86.3 Å². The number of nitrogens with one attached hydrogen (secondary N) is 1. The normalized spacial score (nSPS) is 21.3. The lowest BCUT2D eigenvalue weighted by molar-refractivity contribution is 0.0863. The van der Waals surface area contributed by atoms with Crippen LogP contribution in [0.5, 0.6) is 0 Å². The number of hydrogen-bond donors (Lipinski definition) is 2. The molecule has 0 aromatic heterocycles. The van der Waals surface area contributed by atoms with Crippen molar-refractivity contribution in [3.05, 3.63) is 58.7 Å². The molecule has 2 N–H and O–H groups in total. The lowest BCUT2D eigenvalue weighted by atomic mass is 9.89. The topological polar surface area (TPSA) is 72.9 Å². The lowest BCUT2D eigenvalue weighted by Crippen LogP contribution is -2.28. The van der Waals surface area contributed by atoms with Crippen molar-refractivity contribution in [2.45, 2.75) is 65.0 Å². The van der Waals surface area contributed by atoms with Crippen LogP contribution in [0.3, 0.4) is 0 Å². The number of ketones is 1. The Morgan fingerprint density at radius 1 is 1.17 bits per heavy atom. The monoisotopic (exact) mass is 475 g/mol. The summed E-state index contributed by atoms with van der Waals surface area (Å²) >= 11 is 0. The summed E-state index contributed by atoms with van der Waals surface area (Å²) in [4.78, 5) is 30.2. The van der Waals surface area contributed by atoms with E-state index < -0.39 is 0 Å². The summed E-state index contributed by atoms with van der Waals surface area (Å²) in [5, 5.41) is 13.0. The van der Waals surface area contributed by atoms with E-state index in [4.69, 9.17) is 0 Å². The Bertz CT molecular complexity index is 1140. The van der Waals surface area contributed by atoms with Crippen molar-refractivity contribution in [1.29, 1.82) is 0 Å². The minimum atomic E-state index is -0.362. The smallest absolute Gasteiger partial charge is 0.251 e. The molecular weight excluding hydrogens is 438 g/mol. The standard InChI is InChI=1S/C29H37N3O3/c1-19-5-6-20(28(35)30-22-7-8-22)16-26(19)32(13-4-12-31-14-11-24(33)18-31)23-9-10-25-21(15-23)17-29(2,3)27(25)34/h5-6,9-10,15-16,22,24,33H,4,7-8,11-14,17-18H2,1-3H3,(H,30,35)/t24-/m1/s1. The van der Waals surface area contributed by atoms with Crippen LogP contribution in [0.2, 0.25) is 0 Å². The first-order valence-electron chi connectivity index (χ1n) is 13.0. The minimum Gasteiger partial charge on any atom is -0.392 e. The van der Waals surface area contributed by atoms with Crippen LogP contribution >= 0.6 is 0 Å². The van der Waals surface area contributed by atoms with E-state index >= 15 is 0 Å². The van der Waals surface area contributed by atoms with Crippen molar-refractivity contribution < 1.29 is 14.7 Å². The number of fused-ring (bicyclic) bond motifs is 1. The molecule has 1 saturated heterocycles. The molecule has 1 aliphatic heterocycles. The molecule has 0 radical (unpaired) electrons. The minimum absolute atomic E-state index is 0.0129. The van der Waals surface area contributed by atoms with E-state index in [2.05, 4.69) is 28.1 Å². The van der Waals surface area contributed by atoms with Crippen LogP contribution < -0.4 is 10.2 Å². The van der Waals surface area contributed by atoms with Crippen LogP contribution in [0, 0.1) is 12.3 Å². The average molecular weight is 476 g/mol. The number of aliphatic hydroxyl groups excluding tert-OH is 1. The fourth-order valence-electron chi connectivity index (χ4n) is 5.43. The van der Waals surface area contributed by atoms with E-state index in [1.54, 1.807) is 0 Å². The molecule has 35 heavy (non-hydrogen) atoms. The number of aliphatic hydroxyl groups is 1. The second-order valence-electron chi connectivity index (χ2n) is 11.2. The summed E-state index contributed by atoms with van der Waals surface area (Å²) in [5.41, 5.74) is 5.45. The molecular formula is C29H37N3O3. The number of nitrogens with zero attached hydrogens (tertiary/aromatic N) is 2. The summed E-state index contributed by atoms with van der Waals surface area (Å²) in [5.74, 6) is 0.203. The van der Waals surface area contributed by atoms with Gasteiger partial charge in [0.05, 0.1) is 6.10 Å². The molecule has 0 unspecified atom stereocenters. The Kier molecular flexibility index (Phi) is 6.45. The number of Topliss-reactive ketones (excluding diaryl/α,β-unsaturated/α-hetero) is 1. The zero-order chi connectivity index (χ0) is 24.7. The highest BCUT2D eigenvalue weighted by Crippen LogP contribution is 2.39. The summed E-state index contributed by atoms with van der Waals surface area (Å²) in [6.07, 6.45) is 4.43. The van der Waals surface area contributed by atoms with Gasteiger partial charge in [-0.05, 0) is 87.0 Å². The van der Waals surface area contributed by atoms with E-state index in [1.165, 1.54) is 0 Å². The Morgan fingerprint density at radius 2 is 1.97 bits per heavy atom. The van der Waals surface area contributed by atoms with Gasteiger partial charge in [-0.15, -0.1) is 0 Å². The predicted octanol–water partition coefficient (Wildman–Crippen LogP) is 4.25. The van der Waals surface area contributed by atoms with E-state index in [9.17, 15) is 14.7 Å². The van der Waals surface area contributed by atoms with E-state index in [0.29, 0.717) is 11.6 Å². The van der Waals surface area contributed by atoms with Crippen LogP contribution in [0.1, 0.15) is 71.4 Å². The molecule has 1 saturated carbocycles. The van der Waals surface area contributed by atoms with Crippen molar-refractivity contribution in [2.75, 3.05) is 31.1 Å². The third-order valence-corrected chi connectivity index (χ3v) is 7.67. The number of carbonyl (C=O) groups is 2. The van der Waals surface area contributed by atoms with Gasteiger partial charge in [-0.3, -0.25) is 9.59 Å². The number of carbonyl (C=O) groups excluding carboxylic acids is 2. The van der Waals surface area contributed by atoms with E-state index in [-0.39, 0.29) is 23.2 Å². The van der Waals surface area contributed by atoms with Gasteiger partial charge < -0.3 is 20.2 Å². The second-order valence-corrected chi connectivity index (χ2v) is 11.2. The Hall–Kier alpha value is -2.70. The van der Waals surface area contributed by atoms with Crippen LogP contribution in [0.4, 0.5) is 11.4 Å². The highest BCUT2D eigenvalue weighted by molar-refractivity contribution is 6.05. The number of rotatable bonds is 8. The number of aryl methyl sites for hydroxylation is 1. The first kappa shape index (κ1) is 24.0. The summed E-state index contributed by atoms with van der Waals surface area (Å²) in [7, 11) is 0. The third kappa shape index (κ3) is 5.14. The van der Waals surface area contributed by atoms with Gasteiger partial charge in [0.1, 0.15) is 0 Å². The van der Waals surface area contributed by atoms with Gasteiger partial charge in [-0.25, -0.2) is 0 Å². The van der Waals surface area contributed by atoms with Crippen molar-refractivity contribution in [2.24, 2.45) is 5.41 Å². The molecule has 186 valence electrons. The molecule has 6 heteroatoms. The largest absolute Gasteiger partial charge is 0.392 e. The molecule has 6 nitrogen and oxygen atoms in total. The number of hydrogen-bond acceptors (Lipinski definition) is 5. The molecule has 2 aromatic carbocycles. The molecule has 0 bridgehead atoms. The number of amides is 1. The van der Waals surface area contributed by atoms with Crippen molar-refractivity contribution in [3.63, 3.8) is 0 Å². The van der Waals surface area contributed by atoms with E-state index in [1.807, 2.05) is 44.2 Å². The van der Waals surface area contributed by atoms with Crippen LogP contribution in [0.15, 0.2) is 36.4 Å². The molecule has 3 aliphatic rings. The van der Waals surface area contributed by atoms with Gasteiger partial charge in [-0.2, -0.15) is 0 Å². The first-order valence-corrected chi connectivity index (χ1v) is 13.0. The fraction of sp³-hybridized carbons (Fsp3) is 0.517. The first-order chi connectivity index (χ1) is 16.7. The fourth-order valence-corrected chi connectivity index (χ4v) is 5.43. The van der Waals surface area contributed by atoms with Crippen molar-refractivity contribution in [3.8, 4) is 0 Å². The van der Waals surface area contributed by atoms with Gasteiger partial charge in [-0.1, -0.05) is 19.9 Å². The van der Waals surface area contributed by atoms with Gasteiger partial charge in [0.25, 0.3) is 5.91 Å². The Morgan fingerprint density at radius 3 is 2.69 bits per heavy atom. The summed E-state index contributed by atoms with van der Waals surface area (Å²) < 4.78 is 0. The molecule has 1 heterocycles. The Labute approximate surface area is 208 Å². The van der Waals surface area contributed by atoms with Crippen LogP contribution in [-0.2, 0) is 6.42 Å². The number of likely N-dealkylation sites (tertiary alicyclic amines) is 1. The highest BCUT2D eigenvalue weighted by Gasteiger charge is 2.37. The van der Waals surface area contributed by atoms with Crippen molar-refractivity contribution >= 4 is 23.1 Å². The van der Waals surface area contributed by atoms with Gasteiger partial charge in [0.15, 0.2) is 5.78 Å². The molecule has 2 aromatic rings. The maximum atomic E-state index is 12.8. The lowest BCUT2D eigenvalue weighted by Gasteiger charge is -2.29. The van der Waals surface area contributed by atoms with Crippen LogP contribution in [0.25, 0.3) is 0 Å². The average Bonchev–Trinajstić information content (AvgIpc) is 3.48. The quantitative estimate of drug-likeness (QED) is 0.597. The predicted molar refractivity (Wildman–Crippen MR) is 139 cm³/mol. The number of anilines is 2. The van der Waals surface area contributed by atoms with Crippen LogP contribution in [-0.4, -0.2) is 60.0 Å². The maximum absolute atomic E-state index is 12.8. The molecule has 1 amide bonds. The Balaban J connectivity index is 1.44. The SMILES string of the molecule is Cc1ccc(C(=O)NC2CC2)cc1N(CCCN1CC[C@@H](O)C1)c1ccc2c(c1)CC(C)(C)C2=O.